The maximum absolute atomic E-state index is 13.9. The lowest BCUT2D eigenvalue weighted by Gasteiger charge is -2.27. The topological polar surface area (TPSA) is 76.8 Å². The van der Waals surface area contributed by atoms with Crippen molar-refractivity contribution in [2.75, 3.05) is 31.8 Å². The highest BCUT2D eigenvalue weighted by Crippen LogP contribution is 2.26. The minimum Gasteiger partial charge on any atom is -0.451 e. The number of rotatable bonds is 6. The molecule has 1 aromatic heterocycles. The molecule has 0 saturated carbocycles. The first-order chi connectivity index (χ1) is 12.4. The highest BCUT2D eigenvalue weighted by atomic mass is 32.2. The number of methoxy groups -OCH3 is 1. The maximum Gasteiger partial charge on any atom is 0.289 e. The quantitative estimate of drug-likeness (QED) is 0.768. The monoisotopic (exact) mass is 381 g/mol. The van der Waals surface area contributed by atoms with Crippen LogP contribution in [0, 0.1) is 5.82 Å². The molecule has 6 nitrogen and oxygen atoms in total. The van der Waals surface area contributed by atoms with Crippen LogP contribution in [-0.4, -0.2) is 57.0 Å². The van der Waals surface area contributed by atoms with Gasteiger partial charge in [-0.2, -0.15) is 0 Å². The Morgan fingerprint density at radius 2 is 2.08 bits per heavy atom. The molecule has 0 bridgehead atoms. The summed E-state index contributed by atoms with van der Waals surface area (Å²) in [5, 5.41) is 0. The molecule has 2 heterocycles. The Labute approximate surface area is 151 Å². The summed E-state index contributed by atoms with van der Waals surface area (Å²) < 4.78 is 48.0. The highest BCUT2D eigenvalue weighted by Gasteiger charge is 2.35. The largest absolute Gasteiger partial charge is 0.451 e. The summed E-state index contributed by atoms with van der Waals surface area (Å²) in [6.45, 7) is 0.536. The van der Waals surface area contributed by atoms with Crippen molar-refractivity contribution in [3.05, 3.63) is 48.0 Å². The fraction of sp³-hybridized carbons (Fsp3) is 0.389. The minimum atomic E-state index is -3.14. The summed E-state index contributed by atoms with van der Waals surface area (Å²) in [7, 11) is -1.63. The number of hydrogen-bond donors (Lipinski definition) is 0. The van der Waals surface area contributed by atoms with Crippen molar-refractivity contribution >= 4 is 15.7 Å². The Kier molecular flexibility index (Phi) is 5.43. The van der Waals surface area contributed by atoms with Crippen LogP contribution in [0.15, 0.2) is 40.8 Å². The molecule has 0 N–H and O–H groups in total. The van der Waals surface area contributed by atoms with E-state index in [-0.39, 0.29) is 41.7 Å². The Hall–Kier alpha value is -2.19. The van der Waals surface area contributed by atoms with E-state index >= 15 is 0 Å². The molecule has 1 unspecified atom stereocenters. The Bertz CT molecular complexity index is 892. The second kappa shape index (κ2) is 7.59. The predicted octanol–water partition coefficient (Wildman–Crippen LogP) is 2.36. The lowest BCUT2D eigenvalue weighted by atomic mass is 10.1. The van der Waals surface area contributed by atoms with Crippen molar-refractivity contribution in [1.82, 2.24) is 4.90 Å². The van der Waals surface area contributed by atoms with Crippen LogP contribution in [0.2, 0.25) is 0 Å². The molecule has 3 rings (SSSR count). The van der Waals surface area contributed by atoms with E-state index in [0.717, 1.165) is 0 Å². The molecule has 26 heavy (non-hydrogen) atoms. The zero-order chi connectivity index (χ0) is 18.7. The number of carbonyl (C=O) groups is 1. The maximum atomic E-state index is 13.9. The van der Waals surface area contributed by atoms with Gasteiger partial charge in [-0.3, -0.25) is 4.79 Å². The van der Waals surface area contributed by atoms with Crippen molar-refractivity contribution in [2.24, 2.45) is 0 Å². The van der Waals surface area contributed by atoms with E-state index in [4.69, 9.17) is 9.15 Å². The van der Waals surface area contributed by atoms with Crippen LogP contribution in [0.3, 0.4) is 0 Å². The Balaban J connectivity index is 1.84. The third kappa shape index (κ3) is 3.96. The van der Waals surface area contributed by atoms with Crippen LogP contribution in [0.25, 0.3) is 11.3 Å². The second-order valence-electron chi connectivity index (χ2n) is 6.19. The molecule has 0 radical (unpaired) electrons. The number of benzene rings is 1. The van der Waals surface area contributed by atoms with Crippen LogP contribution in [-0.2, 0) is 14.6 Å². The summed E-state index contributed by atoms with van der Waals surface area (Å²) in [5.41, 5.74) is 0.262. The first kappa shape index (κ1) is 18.6. The average Bonchev–Trinajstić information content (AvgIpc) is 3.22. The molecule has 1 atom stereocenters. The van der Waals surface area contributed by atoms with Crippen molar-refractivity contribution in [3.8, 4) is 11.3 Å². The van der Waals surface area contributed by atoms with Crippen molar-refractivity contribution in [2.45, 2.75) is 12.5 Å². The number of hydrogen-bond acceptors (Lipinski definition) is 5. The summed E-state index contributed by atoms with van der Waals surface area (Å²) in [5.74, 6) is -0.581. The molecule has 140 valence electrons. The van der Waals surface area contributed by atoms with Crippen LogP contribution in [0.1, 0.15) is 17.0 Å². The van der Waals surface area contributed by atoms with Gasteiger partial charge in [0.05, 0.1) is 23.7 Å². The van der Waals surface area contributed by atoms with Gasteiger partial charge in [-0.25, -0.2) is 12.8 Å². The zero-order valence-corrected chi connectivity index (χ0v) is 15.2. The summed E-state index contributed by atoms with van der Waals surface area (Å²) in [4.78, 5) is 14.3. The molecular formula is C18H20FNO5S. The van der Waals surface area contributed by atoms with Gasteiger partial charge in [0.15, 0.2) is 15.6 Å². The van der Waals surface area contributed by atoms with Crippen LogP contribution in [0.5, 0.6) is 0 Å². The van der Waals surface area contributed by atoms with Crippen LogP contribution >= 0.6 is 0 Å². The van der Waals surface area contributed by atoms with Crippen molar-refractivity contribution < 1.29 is 26.8 Å². The van der Waals surface area contributed by atoms with E-state index in [2.05, 4.69) is 0 Å². The third-order valence-electron chi connectivity index (χ3n) is 4.40. The molecule has 1 fully saturated rings. The first-order valence-electron chi connectivity index (χ1n) is 8.26. The highest BCUT2D eigenvalue weighted by molar-refractivity contribution is 7.91. The van der Waals surface area contributed by atoms with Gasteiger partial charge in [-0.1, -0.05) is 12.1 Å². The van der Waals surface area contributed by atoms with E-state index in [0.29, 0.717) is 6.42 Å². The summed E-state index contributed by atoms with van der Waals surface area (Å²) in [6, 6.07) is 8.73. The number of sulfone groups is 1. The Morgan fingerprint density at radius 1 is 1.31 bits per heavy atom. The van der Waals surface area contributed by atoms with E-state index in [1.165, 1.54) is 30.2 Å². The summed E-state index contributed by atoms with van der Waals surface area (Å²) in [6.07, 6.45) is 0.388. The number of furan rings is 1. The van der Waals surface area contributed by atoms with Crippen LogP contribution in [0.4, 0.5) is 4.39 Å². The number of halogens is 1. The fourth-order valence-electron chi connectivity index (χ4n) is 3.06. The SMILES string of the molecule is COCCN(C(=O)c1ccc(-c2ccccc2F)o1)C1CCS(=O)(=O)C1. The van der Waals surface area contributed by atoms with Gasteiger partial charge in [0.2, 0.25) is 0 Å². The van der Waals surface area contributed by atoms with E-state index in [1.54, 1.807) is 18.2 Å². The molecule has 0 spiro atoms. The molecular weight excluding hydrogens is 361 g/mol. The van der Waals surface area contributed by atoms with Gasteiger partial charge in [0.25, 0.3) is 5.91 Å². The van der Waals surface area contributed by atoms with Gasteiger partial charge in [0.1, 0.15) is 11.6 Å². The molecule has 0 aliphatic carbocycles. The molecule has 1 saturated heterocycles. The zero-order valence-electron chi connectivity index (χ0n) is 14.4. The van der Waals surface area contributed by atoms with Crippen molar-refractivity contribution in [3.63, 3.8) is 0 Å². The van der Waals surface area contributed by atoms with Crippen LogP contribution < -0.4 is 0 Å². The molecule has 2 aromatic rings. The summed E-state index contributed by atoms with van der Waals surface area (Å²) >= 11 is 0. The van der Waals surface area contributed by atoms with Gasteiger partial charge < -0.3 is 14.1 Å². The lowest BCUT2D eigenvalue weighted by Crippen LogP contribution is -2.42. The molecule has 1 aliphatic rings. The van der Waals surface area contributed by atoms with Crippen molar-refractivity contribution in [1.29, 1.82) is 0 Å². The number of amides is 1. The van der Waals surface area contributed by atoms with Gasteiger partial charge >= 0.3 is 0 Å². The smallest absolute Gasteiger partial charge is 0.289 e. The first-order valence-corrected chi connectivity index (χ1v) is 10.1. The number of ether oxygens (including phenoxy) is 1. The second-order valence-corrected chi connectivity index (χ2v) is 8.42. The molecule has 1 aliphatic heterocycles. The standard InChI is InChI=1S/C18H20FNO5S/c1-24-10-9-20(13-8-11-26(22,23)12-13)18(21)17-7-6-16(25-17)14-4-2-3-5-15(14)19/h2-7,13H,8-12H2,1H3. The Morgan fingerprint density at radius 3 is 2.73 bits per heavy atom. The minimum absolute atomic E-state index is 0.0451. The fourth-order valence-corrected chi connectivity index (χ4v) is 4.79. The van der Waals surface area contributed by atoms with E-state index < -0.39 is 27.6 Å². The molecule has 1 amide bonds. The number of nitrogens with zero attached hydrogens (tertiary/aromatic N) is 1. The normalized spacial score (nSPS) is 18.8. The lowest BCUT2D eigenvalue weighted by molar-refractivity contribution is 0.0594. The van der Waals surface area contributed by atoms with Gasteiger partial charge in [-0.05, 0) is 30.7 Å². The number of carbonyl (C=O) groups excluding carboxylic acids is 1. The third-order valence-corrected chi connectivity index (χ3v) is 6.15. The van der Waals surface area contributed by atoms with Gasteiger partial charge in [0, 0.05) is 19.7 Å². The van der Waals surface area contributed by atoms with E-state index in [1.807, 2.05) is 0 Å². The molecule has 8 heteroatoms. The predicted molar refractivity (Wildman–Crippen MR) is 94.1 cm³/mol. The molecule has 1 aromatic carbocycles. The van der Waals surface area contributed by atoms with E-state index in [9.17, 15) is 17.6 Å². The van der Waals surface area contributed by atoms with Gasteiger partial charge in [-0.15, -0.1) is 0 Å². The average molecular weight is 381 g/mol.